The van der Waals surface area contributed by atoms with E-state index in [9.17, 15) is 0 Å². The van der Waals surface area contributed by atoms with Crippen molar-refractivity contribution in [1.29, 1.82) is 0 Å². The van der Waals surface area contributed by atoms with E-state index in [1.165, 1.54) is 0 Å². The van der Waals surface area contributed by atoms with Crippen LogP contribution in [0.2, 0.25) is 0 Å². The molecule has 0 amide bonds. The van der Waals surface area contributed by atoms with Crippen LogP contribution in [-0.2, 0) is 9.59 Å². The van der Waals surface area contributed by atoms with E-state index in [1.807, 2.05) is 0 Å². The Bertz CT molecular complexity index is 130. The van der Waals surface area contributed by atoms with Gasteiger partial charge in [0.05, 0.1) is 11.9 Å². The molecule has 10 heavy (non-hydrogen) atoms. The Labute approximate surface area is 58.1 Å². The highest BCUT2D eigenvalue weighted by molar-refractivity contribution is 5.76. The van der Waals surface area contributed by atoms with Gasteiger partial charge in [-0.3, -0.25) is 0 Å². The molecule has 0 atom stereocenters. The van der Waals surface area contributed by atoms with E-state index >= 15 is 0 Å². The molecule has 4 heteroatoms. The summed E-state index contributed by atoms with van der Waals surface area (Å²) < 4.78 is 0. The molecule has 0 aromatic heterocycles. The zero-order valence-corrected chi connectivity index (χ0v) is 5.20. The lowest BCUT2D eigenvalue weighted by atomic mass is 10.7. The molecule has 4 nitrogen and oxygen atoms in total. The number of carboxylic acids is 2. The van der Waals surface area contributed by atoms with E-state index in [-0.39, 0.29) is 0 Å². The van der Waals surface area contributed by atoms with Crippen LogP contribution in [0.3, 0.4) is 0 Å². The molecule has 0 saturated heterocycles. The monoisotopic (exact) mass is 142 g/mol. The minimum Gasteiger partial charge on any atom is -0.545 e. The van der Waals surface area contributed by atoms with E-state index in [0.29, 0.717) is 0 Å². The number of hydrogen-bond acceptors (Lipinski definition) is 4. The maximum atomic E-state index is 9.14. The normalized spacial score (nSPS) is 6.40. The van der Waals surface area contributed by atoms with Crippen LogP contribution < -0.4 is 10.2 Å². The van der Waals surface area contributed by atoms with Crippen molar-refractivity contribution >= 4 is 11.9 Å². The highest BCUT2D eigenvalue weighted by Gasteiger charge is 1.56. The minimum atomic E-state index is -1.23. The predicted octanol–water partition coefficient (Wildman–Crippen LogP) is -2.16. The number of rotatable bonds is 2. The molecule has 0 fully saturated rings. The fraction of sp³-hybridized carbons (Fsp3) is 0. The van der Waals surface area contributed by atoms with Gasteiger partial charge in [0.25, 0.3) is 0 Å². The van der Waals surface area contributed by atoms with Crippen LogP contribution in [0.4, 0.5) is 0 Å². The molecule has 0 spiro atoms. The Hall–Kier alpha value is -1.58. The molecule has 0 aliphatic rings. The van der Waals surface area contributed by atoms with Gasteiger partial charge < -0.3 is 19.8 Å². The first-order valence-electron chi connectivity index (χ1n) is 2.21. The van der Waals surface area contributed by atoms with E-state index in [2.05, 4.69) is 13.2 Å². The Kier molecular flexibility index (Phi) is 8.35. The quantitative estimate of drug-likeness (QED) is 0.411. The summed E-state index contributed by atoms with van der Waals surface area (Å²) in [6, 6.07) is 0. The third-order valence-corrected chi connectivity index (χ3v) is 0.333. The Balaban J connectivity index is 0. The van der Waals surface area contributed by atoms with Crippen molar-refractivity contribution in [2.24, 2.45) is 0 Å². The summed E-state index contributed by atoms with van der Waals surface area (Å²) >= 11 is 0. The SMILES string of the molecule is C=CC(=O)[O-].C=CC(=O)[O-]. The first-order valence-corrected chi connectivity index (χ1v) is 2.21. The van der Waals surface area contributed by atoms with Gasteiger partial charge in [-0.25, -0.2) is 0 Å². The van der Waals surface area contributed by atoms with Gasteiger partial charge in [-0.1, -0.05) is 13.2 Å². The maximum absolute atomic E-state index is 9.14. The summed E-state index contributed by atoms with van der Waals surface area (Å²) in [5.74, 6) is -2.46. The van der Waals surface area contributed by atoms with Gasteiger partial charge in [-0.15, -0.1) is 0 Å². The van der Waals surface area contributed by atoms with Crippen LogP contribution in [0.5, 0.6) is 0 Å². The molecule has 0 aliphatic heterocycles. The lowest BCUT2D eigenvalue weighted by Gasteiger charge is -1.81. The van der Waals surface area contributed by atoms with Gasteiger partial charge in [0.15, 0.2) is 0 Å². The van der Waals surface area contributed by atoms with E-state index in [4.69, 9.17) is 19.8 Å². The third kappa shape index (κ3) is 32.2. The summed E-state index contributed by atoms with van der Waals surface area (Å²) in [6.07, 6.45) is 1.44. The summed E-state index contributed by atoms with van der Waals surface area (Å²) in [5, 5.41) is 18.3. The molecular formula is C6H6O4-2. The van der Waals surface area contributed by atoms with Crippen LogP contribution in [0.15, 0.2) is 25.3 Å². The fourth-order valence-electron chi connectivity index (χ4n) is 0. The molecular weight excluding hydrogens is 136 g/mol. The lowest BCUT2D eigenvalue weighted by Crippen LogP contribution is -2.17. The Morgan fingerprint density at radius 2 is 1.10 bits per heavy atom. The predicted molar refractivity (Wildman–Crippen MR) is 30.4 cm³/mol. The molecule has 56 valence electrons. The largest absolute Gasteiger partial charge is 0.545 e. The zero-order valence-electron chi connectivity index (χ0n) is 5.20. The molecule has 0 aromatic rings. The first-order chi connectivity index (χ1) is 4.54. The highest BCUT2D eigenvalue weighted by atomic mass is 16.4. The van der Waals surface area contributed by atoms with Gasteiger partial charge >= 0.3 is 0 Å². The van der Waals surface area contributed by atoms with Gasteiger partial charge in [0.2, 0.25) is 0 Å². The summed E-state index contributed by atoms with van der Waals surface area (Å²) in [6.45, 7) is 5.80. The van der Waals surface area contributed by atoms with E-state index < -0.39 is 11.9 Å². The van der Waals surface area contributed by atoms with Crippen LogP contribution in [-0.4, -0.2) is 11.9 Å². The first kappa shape index (κ1) is 11.2. The van der Waals surface area contributed by atoms with Crippen molar-refractivity contribution < 1.29 is 19.8 Å². The molecule has 0 heterocycles. The van der Waals surface area contributed by atoms with Crippen LogP contribution >= 0.6 is 0 Å². The van der Waals surface area contributed by atoms with Gasteiger partial charge in [-0.05, 0) is 12.2 Å². The molecule has 0 N–H and O–H groups in total. The van der Waals surface area contributed by atoms with Gasteiger partial charge in [0, 0.05) is 0 Å². The average molecular weight is 142 g/mol. The standard InChI is InChI=1S/2C3H4O2/c2*1-2-3(4)5/h2*2H,1H2,(H,4,5)/p-2. The van der Waals surface area contributed by atoms with Gasteiger partial charge in [-0.2, -0.15) is 0 Å². The van der Waals surface area contributed by atoms with Crippen molar-refractivity contribution in [2.45, 2.75) is 0 Å². The van der Waals surface area contributed by atoms with Crippen molar-refractivity contribution in [3.8, 4) is 0 Å². The summed E-state index contributed by atoms with van der Waals surface area (Å²) in [5.41, 5.74) is 0. The number of carbonyl (C=O) groups is 2. The molecule has 0 saturated carbocycles. The number of aliphatic carboxylic acids is 2. The minimum absolute atomic E-state index is 0.722. The van der Waals surface area contributed by atoms with Crippen molar-refractivity contribution in [3.05, 3.63) is 25.3 Å². The topological polar surface area (TPSA) is 80.3 Å². The van der Waals surface area contributed by atoms with Crippen LogP contribution in [0.1, 0.15) is 0 Å². The lowest BCUT2D eigenvalue weighted by molar-refractivity contribution is -0.298. The van der Waals surface area contributed by atoms with E-state index in [1.54, 1.807) is 0 Å². The second-order valence-electron chi connectivity index (χ2n) is 1.05. The molecule has 0 rings (SSSR count). The third-order valence-electron chi connectivity index (χ3n) is 0.333. The van der Waals surface area contributed by atoms with E-state index in [0.717, 1.165) is 12.2 Å². The molecule has 0 aromatic carbocycles. The van der Waals surface area contributed by atoms with Crippen molar-refractivity contribution in [1.82, 2.24) is 0 Å². The molecule has 0 bridgehead atoms. The number of carbonyl (C=O) groups excluding carboxylic acids is 2. The van der Waals surface area contributed by atoms with Crippen LogP contribution in [0, 0.1) is 0 Å². The van der Waals surface area contributed by atoms with Crippen molar-refractivity contribution in [3.63, 3.8) is 0 Å². The zero-order chi connectivity index (χ0) is 8.57. The smallest absolute Gasteiger partial charge is 0.0636 e. The van der Waals surface area contributed by atoms with Crippen molar-refractivity contribution in [2.75, 3.05) is 0 Å². The summed E-state index contributed by atoms with van der Waals surface area (Å²) in [7, 11) is 0. The summed E-state index contributed by atoms with van der Waals surface area (Å²) in [4.78, 5) is 18.3. The molecule has 0 radical (unpaired) electrons. The average Bonchev–Trinajstić information content (AvgIpc) is 1.89. The highest BCUT2D eigenvalue weighted by Crippen LogP contribution is 1.47. The van der Waals surface area contributed by atoms with Gasteiger partial charge in [0.1, 0.15) is 0 Å². The molecule has 0 unspecified atom stereocenters. The maximum Gasteiger partial charge on any atom is 0.0636 e. The number of carboxylic acid groups (broad SMARTS) is 2. The Morgan fingerprint density at radius 1 is 1.00 bits per heavy atom. The number of hydrogen-bond donors (Lipinski definition) is 0. The Morgan fingerprint density at radius 3 is 1.10 bits per heavy atom. The second-order valence-corrected chi connectivity index (χ2v) is 1.05. The fourth-order valence-corrected chi connectivity index (χ4v) is 0. The van der Waals surface area contributed by atoms with Crippen LogP contribution in [0.25, 0.3) is 0 Å². The second kappa shape index (κ2) is 7.42. The molecule has 0 aliphatic carbocycles.